The summed E-state index contributed by atoms with van der Waals surface area (Å²) in [5, 5.41) is 2.88. The number of nitrogens with two attached hydrogens (primary N) is 1. The zero-order valence-electron chi connectivity index (χ0n) is 7.86. The number of hydrogen-bond acceptors (Lipinski definition) is 5. The van der Waals surface area contributed by atoms with E-state index in [2.05, 4.69) is 9.97 Å². The molecule has 74 valence electrons. The van der Waals surface area contributed by atoms with Gasteiger partial charge in [0.15, 0.2) is 5.82 Å². The second-order valence-electron chi connectivity index (χ2n) is 2.80. The van der Waals surface area contributed by atoms with Crippen LogP contribution < -0.4 is 5.73 Å². The van der Waals surface area contributed by atoms with Crippen LogP contribution in [0.1, 0.15) is 12.7 Å². The molecule has 2 rings (SSSR count). The van der Waals surface area contributed by atoms with Crippen LogP contribution in [0.5, 0.6) is 0 Å². The molecule has 0 spiro atoms. The zero-order chi connectivity index (χ0) is 9.97. The average Bonchev–Trinajstić information content (AvgIpc) is 2.63. The number of aromatic nitrogens is 2. The summed E-state index contributed by atoms with van der Waals surface area (Å²) in [5.41, 5.74) is 5.77. The number of ether oxygens (including phenoxy) is 1. The topological polar surface area (TPSA) is 61.0 Å². The number of thiophene rings is 1. The molecule has 14 heavy (non-hydrogen) atoms. The fourth-order valence-corrected chi connectivity index (χ4v) is 1.97. The van der Waals surface area contributed by atoms with E-state index >= 15 is 0 Å². The molecule has 0 aliphatic heterocycles. The fourth-order valence-electron chi connectivity index (χ4n) is 1.18. The van der Waals surface area contributed by atoms with Gasteiger partial charge < -0.3 is 10.5 Å². The van der Waals surface area contributed by atoms with E-state index in [-0.39, 0.29) is 0 Å². The van der Waals surface area contributed by atoms with Gasteiger partial charge in [0.25, 0.3) is 0 Å². The Balaban J connectivity index is 2.38. The molecule has 0 aliphatic rings. The smallest absolute Gasteiger partial charge is 0.158 e. The van der Waals surface area contributed by atoms with Crippen LogP contribution in [-0.2, 0) is 11.3 Å². The second kappa shape index (κ2) is 3.89. The van der Waals surface area contributed by atoms with Crippen molar-refractivity contribution in [1.82, 2.24) is 9.97 Å². The number of anilines is 1. The molecular weight excluding hydrogens is 198 g/mol. The first-order valence-electron chi connectivity index (χ1n) is 4.38. The minimum atomic E-state index is 0.425. The lowest BCUT2D eigenvalue weighted by molar-refractivity contribution is 0.128. The van der Waals surface area contributed by atoms with Crippen LogP contribution in [0.3, 0.4) is 0 Å². The number of hydrogen-bond donors (Lipinski definition) is 1. The van der Waals surface area contributed by atoms with Crippen molar-refractivity contribution in [3.63, 3.8) is 0 Å². The molecule has 2 aromatic rings. The Morgan fingerprint density at radius 3 is 3.14 bits per heavy atom. The normalized spacial score (nSPS) is 10.9. The maximum atomic E-state index is 5.77. The summed E-state index contributed by atoms with van der Waals surface area (Å²) in [7, 11) is 0. The van der Waals surface area contributed by atoms with Gasteiger partial charge in [-0.05, 0) is 18.4 Å². The first-order valence-corrected chi connectivity index (χ1v) is 5.26. The van der Waals surface area contributed by atoms with Gasteiger partial charge in [-0.1, -0.05) is 0 Å². The van der Waals surface area contributed by atoms with E-state index in [1.807, 2.05) is 18.4 Å². The highest BCUT2D eigenvalue weighted by Crippen LogP contribution is 2.22. The Kier molecular flexibility index (Phi) is 2.60. The van der Waals surface area contributed by atoms with Crippen molar-refractivity contribution in [3.05, 3.63) is 17.3 Å². The van der Waals surface area contributed by atoms with Crippen molar-refractivity contribution in [3.8, 4) is 0 Å². The van der Waals surface area contributed by atoms with E-state index in [9.17, 15) is 0 Å². The van der Waals surface area contributed by atoms with Crippen LogP contribution in [-0.4, -0.2) is 16.6 Å². The standard InChI is InChI=1S/C9H11N3OS/c1-2-13-5-7-11-8(10)6-3-4-14-9(6)12-7/h3-4H,2,5H2,1H3,(H2,10,11,12). The number of nitrogens with zero attached hydrogens (tertiary/aromatic N) is 2. The lowest BCUT2D eigenvalue weighted by atomic mass is 10.4. The molecular formula is C9H11N3OS. The minimum Gasteiger partial charge on any atom is -0.383 e. The van der Waals surface area contributed by atoms with Crippen LogP contribution in [0.2, 0.25) is 0 Å². The Morgan fingerprint density at radius 2 is 2.36 bits per heavy atom. The Bertz CT molecular complexity index is 441. The molecule has 0 amide bonds. The van der Waals surface area contributed by atoms with Crippen molar-refractivity contribution in [1.29, 1.82) is 0 Å². The number of rotatable bonds is 3. The molecule has 0 aromatic carbocycles. The van der Waals surface area contributed by atoms with Crippen LogP contribution >= 0.6 is 11.3 Å². The Morgan fingerprint density at radius 1 is 1.50 bits per heavy atom. The molecule has 2 aromatic heterocycles. The van der Waals surface area contributed by atoms with E-state index in [1.165, 1.54) is 0 Å². The maximum Gasteiger partial charge on any atom is 0.158 e. The minimum absolute atomic E-state index is 0.425. The van der Waals surface area contributed by atoms with Gasteiger partial charge in [0, 0.05) is 6.61 Å². The van der Waals surface area contributed by atoms with Crippen molar-refractivity contribution in [2.24, 2.45) is 0 Å². The van der Waals surface area contributed by atoms with Gasteiger partial charge in [-0.3, -0.25) is 0 Å². The van der Waals surface area contributed by atoms with Crippen molar-refractivity contribution >= 4 is 27.4 Å². The Hall–Kier alpha value is -1.20. The largest absolute Gasteiger partial charge is 0.383 e. The number of nitrogen functional groups attached to an aromatic ring is 1. The maximum absolute atomic E-state index is 5.77. The Labute approximate surface area is 85.7 Å². The summed E-state index contributed by atoms with van der Waals surface area (Å²) in [4.78, 5) is 9.42. The molecule has 2 heterocycles. The molecule has 0 saturated heterocycles. The zero-order valence-corrected chi connectivity index (χ0v) is 8.67. The third-order valence-electron chi connectivity index (χ3n) is 1.84. The van der Waals surface area contributed by atoms with E-state index < -0.39 is 0 Å². The summed E-state index contributed by atoms with van der Waals surface area (Å²) in [5.74, 6) is 1.19. The number of fused-ring (bicyclic) bond motifs is 1. The SMILES string of the molecule is CCOCc1nc(N)c2ccsc2n1. The van der Waals surface area contributed by atoms with Gasteiger partial charge >= 0.3 is 0 Å². The van der Waals surface area contributed by atoms with E-state index in [4.69, 9.17) is 10.5 Å². The predicted molar refractivity (Wildman–Crippen MR) is 57.2 cm³/mol. The lowest BCUT2D eigenvalue weighted by Crippen LogP contribution is -2.02. The molecule has 0 atom stereocenters. The van der Waals surface area contributed by atoms with Crippen LogP contribution in [0.15, 0.2) is 11.4 Å². The monoisotopic (exact) mass is 209 g/mol. The van der Waals surface area contributed by atoms with Gasteiger partial charge in [-0.2, -0.15) is 0 Å². The first-order chi connectivity index (χ1) is 6.81. The molecule has 0 aliphatic carbocycles. The molecule has 4 nitrogen and oxygen atoms in total. The fraction of sp³-hybridized carbons (Fsp3) is 0.333. The second-order valence-corrected chi connectivity index (χ2v) is 3.70. The molecule has 0 bridgehead atoms. The third kappa shape index (κ3) is 1.69. The average molecular weight is 209 g/mol. The molecule has 5 heteroatoms. The predicted octanol–water partition coefficient (Wildman–Crippen LogP) is 1.81. The van der Waals surface area contributed by atoms with Crippen molar-refractivity contribution < 1.29 is 4.74 Å². The summed E-state index contributed by atoms with van der Waals surface area (Å²) in [6.45, 7) is 3.02. The van der Waals surface area contributed by atoms with Crippen LogP contribution in [0.25, 0.3) is 10.2 Å². The van der Waals surface area contributed by atoms with E-state index in [1.54, 1.807) is 11.3 Å². The summed E-state index contributed by atoms with van der Waals surface area (Å²) < 4.78 is 5.22. The highest BCUT2D eigenvalue weighted by Gasteiger charge is 2.05. The summed E-state index contributed by atoms with van der Waals surface area (Å²) in [6.07, 6.45) is 0. The quantitative estimate of drug-likeness (QED) is 0.837. The molecule has 0 unspecified atom stereocenters. The summed E-state index contributed by atoms with van der Waals surface area (Å²) in [6, 6.07) is 1.93. The van der Waals surface area contributed by atoms with Gasteiger partial charge in [-0.15, -0.1) is 11.3 Å². The van der Waals surface area contributed by atoms with Crippen molar-refractivity contribution in [2.45, 2.75) is 13.5 Å². The molecule has 0 fully saturated rings. The van der Waals surface area contributed by atoms with Gasteiger partial charge in [0.2, 0.25) is 0 Å². The van der Waals surface area contributed by atoms with Crippen LogP contribution in [0.4, 0.5) is 5.82 Å². The van der Waals surface area contributed by atoms with Gasteiger partial charge in [0.1, 0.15) is 17.3 Å². The highest BCUT2D eigenvalue weighted by molar-refractivity contribution is 7.16. The van der Waals surface area contributed by atoms with Gasteiger partial charge in [0.05, 0.1) is 5.39 Å². The lowest BCUT2D eigenvalue weighted by Gasteiger charge is -2.01. The van der Waals surface area contributed by atoms with Crippen molar-refractivity contribution in [2.75, 3.05) is 12.3 Å². The summed E-state index contributed by atoms with van der Waals surface area (Å²) >= 11 is 1.56. The van der Waals surface area contributed by atoms with E-state index in [0.717, 1.165) is 10.2 Å². The van der Waals surface area contributed by atoms with Gasteiger partial charge in [-0.25, -0.2) is 9.97 Å². The van der Waals surface area contributed by atoms with E-state index in [0.29, 0.717) is 24.9 Å². The molecule has 2 N–H and O–H groups in total. The molecule has 0 radical (unpaired) electrons. The first kappa shape index (κ1) is 9.36. The molecule has 0 saturated carbocycles. The third-order valence-corrected chi connectivity index (χ3v) is 2.64. The van der Waals surface area contributed by atoms with Crippen LogP contribution in [0, 0.1) is 0 Å². The highest BCUT2D eigenvalue weighted by atomic mass is 32.1.